The van der Waals surface area contributed by atoms with E-state index in [0.717, 1.165) is 108 Å². The Morgan fingerprint density at radius 3 is 0.449 bits per heavy atom. The number of nitrogens with zero attached hydrogens (tertiary/aromatic N) is 6. The standard InChI is InChI=1S/6C8H15NO3S/c6*10-6-3-9-1-2-13-4-5(9)7(11)8(6)12/h6*5-8,10-12H,1-4H2/t5-,6+,7+,8+;5-,6+,7+,8-;5-,6+,7-,8-;5-,6-,7+,8+;5-,6-,7-,8+;5-,6-,7-,8-/m011001/s1. The number of hydrogen-bond acceptors (Lipinski definition) is 30. The Balaban J connectivity index is 0.000000136. The topological polar surface area (TPSA) is 384 Å². The van der Waals surface area contributed by atoms with E-state index in [0.29, 0.717) is 39.3 Å². The molecule has 12 heterocycles. The zero-order valence-electron chi connectivity index (χ0n) is 44.0. The van der Waals surface area contributed by atoms with Gasteiger partial charge in [0.1, 0.15) is 36.6 Å². The van der Waals surface area contributed by atoms with Gasteiger partial charge in [-0.15, -0.1) is 0 Å². The van der Waals surface area contributed by atoms with Crippen molar-refractivity contribution >= 4 is 70.6 Å². The van der Waals surface area contributed by atoms with E-state index in [1.165, 1.54) is 0 Å². The third-order valence-electron chi connectivity index (χ3n) is 17.0. The third kappa shape index (κ3) is 16.8. The smallest absolute Gasteiger partial charge is 0.109 e. The molecule has 0 unspecified atom stereocenters. The molecule has 0 radical (unpaired) electrons. The first kappa shape index (κ1) is 66.7. The van der Waals surface area contributed by atoms with E-state index in [-0.39, 0.29) is 36.3 Å². The van der Waals surface area contributed by atoms with Gasteiger partial charge in [-0.3, -0.25) is 29.4 Å². The monoisotopic (exact) mass is 1230 g/mol. The number of piperidine rings is 6. The minimum atomic E-state index is -0.972. The summed E-state index contributed by atoms with van der Waals surface area (Å²) < 4.78 is 0. The minimum Gasteiger partial charge on any atom is -0.389 e. The van der Waals surface area contributed by atoms with Gasteiger partial charge in [0.25, 0.3) is 0 Å². The van der Waals surface area contributed by atoms with E-state index in [1.54, 1.807) is 70.6 Å². The summed E-state index contributed by atoms with van der Waals surface area (Å²) in [7, 11) is 0. The van der Waals surface area contributed by atoms with Crippen LogP contribution in [0.1, 0.15) is 0 Å². The predicted octanol–water partition coefficient (Wildman–Crippen LogP) is -9.00. The van der Waals surface area contributed by atoms with Crippen LogP contribution >= 0.6 is 70.6 Å². The lowest BCUT2D eigenvalue weighted by molar-refractivity contribution is -0.131. The second-order valence-electron chi connectivity index (χ2n) is 22.1. The highest BCUT2D eigenvalue weighted by Crippen LogP contribution is 2.31. The Bertz CT molecular complexity index is 1450. The molecule has 0 bridgehead atoms. The molecular weight excluding hydrogens is 1140 g/mol. The molecule has 456 valence electrons. The van der Waals surface area contributed by atoms with Crippen LogP contribution in [0.2, 0.25) is 0 Å². The van der Waals surface area contributed by atoms with Gasteiger partial charge in [0.05, 0.1) is 73.2 Å². The summed E-state index contributed by atoms with van der Waals surface area (Å²) in [5.74, 6) is 11.4. The highest BCUT2D eigenvalue weighted by atomic mass is 32.2. The number of hydrogen-bond donors (Lipinski definition) is 18. The second kappa shape index (κ2) is 31.7. The Morgan fingerprint density at radius 1 is 0.192 bits per heavy atom. The molecule has 12 saturated heterocycles. The maximum absolute atomic E-state index is 9.68. The predicted molar refractivity (Wildman–Crippen MR) is 304 cm³/mol. The summed E-state index contributed by atoms with van der Waals surface area (Å²) in [6.45, 7) is 8.33. The number of aliphatic hydroxyl groups excluding tert-OH is 18. The number of rotatable bonds is 0. The van der Waals surface area contributed by atoms with Gasteiger partial charge in [-0.2, -0.15) is 70.6 Å². The summed E-state index contributed by atoms with van der Waals surface area (Å²) in [5, 5.41) is 171. The van der Waals surface area contributed by atoms with E-state index in [1.807, 2.05) is 0 Å². The maximum atomic E-state index is 9.68. The van der Waals surface area contributed by atoms with Gasteiger partial charge >= 0.3 is 0 Å². The molecule has 0 aliphatic carbocycles. The molecule has 24 nitrogen and oxygen atoms in total. The van der Waals surface area contributed by atoms with E-state index in [9.17, 15) is 91.9 Å². The average Bonchev–Trinajstić information content (AvgIpc) is 3.46. The summed E-state index contributed by atoms with van der Waals surface area (Å²) in [4.78, 5) is 12.4. The van der Waals surface area contributed by atoms with Crippen LogP contribution in [-0.2, 0) is 0 Å². The van der Waals surface area contributed by atoms with Crippen molar-refractivity contribution in [1.29, 1.82) is 0 Å². The normalized spacial score (nSPS) is 47.3. The molecule has 0 aromatic carbocycles. The molecule has 12 aliphatic heterocycles. The molecule has 30 heteroatoms. The summed E-state index contributed by atoms with van der Waals surface area (Å²) in [6, 6.07) is 0.151. The van der Waals surface area contributed by atoms with Crippen molar-refractivity contribution in [2.75, 3.05) is 148 Å². The van der Waals surface area contributed by atoms with Gasteiger partial charge in [0.15, 0.2) is 0 Å². The van der Waals surface area contributed by atoms with Gasteiger partial charge in [-0.1, -0.05) is 0 Å². The molecule has 24 atom stereocenters. The number of thioether (sulfide) groups is 6. The molecule has 12 rings (SSSR count). The molecular formula is C48H90N6O18S6. The molecule has 18 N–H and O–H groups in total. The van der Waals surface area contributed by atoms with Gasteiger partial charge in [0, 0.05) is 184 Å². The van der Waals surface area contributed by atoms with Gasteiger partial charge in [-0.05, 0) is 0 Å². The molecule has 0 saturated carbocycles. The second-order valence-corrected chi connectivity index (χ2v) is 29.0. The summed E-state index contributed by atoms with van der Waals surface area (Å²) >= 11 is 10.8. The third-order valence-corrected chi connectivity index (χ3v) is 23.3. The van der Waals surface area contributed by atoms with Crippen molar-refractivity contribution in [2.45, 2.75) is 146 Å². The fourth-order valence-electron chi connectivity index (χ4n) is 12.0. The van der Waals surface area contributed by atoms with Crippen LogP contribution in [0.4, 0.5) is 0 Å². The number of aliphatic hydroxyl groups is 18. The summed E-state index contributed by atoms with van der Waals surface area (Å²) in [5.41, 5.74) is 0. The highest BCUT2D eigenvalue weighted by molar-refractivity contribution is 8.00. The van der Waals surface area contributed by atoms with Crippen molar-refractivity contribution in [1.82, 2.24) is 29.4 Å². The first-order valence-electron chi connectivity index (χ1n) is 27.4. The van der Waals surface area contributed by atoms with E-state index >= 15 is 0 Å². The van der Waals surface area contributed by atoms with Crippen molar-refractivity contribution < 1.29 is 91.9 Å². The SMILES string of the molecule is O[C@@H]1[C@H](O)[C@@H](O)CN2CCSC[C@@H]12.O[C@@H]1[C@H](O)[C@@H](O)CN2CCSC[C@H]12.O[C@H]1[C@H](O)[C@@H](O)CN2CCSC[C@H]12.O[C@H]1[C@H](O)[C@@H]2CSCCN2C[C@@H]1O.O[C@H]1[C@H](O)[C@@H]2CSCCN2C[C@H]1O.O[C@H]1[C@H](O)[C@H]2CSCCN2C[C@H]1O. The van der Waals surface area contributed by atoms with E-state index in [2.05, 4.69) is 29.4 Å². The lowest BCUT2D eigenvalue weighted by Crippen LogP contribution is -2.63. The molecule has 0 aromatic heterocycles. The number of fused-ring (bicyclic) bond motifs is 6. The Kier molecular flexibility index (Phi) is 27.1. The Labute approximate surface area is 482 Å². The fourth-order valence-corrected chi connectivity index (χ4v) is 19.1. The quantitative estimate of drug-likeness (QED) is 0.107. The average molecular weight is 1230 g/mol. The van der Waals surface area contributed by atoms with Crippen LogP contribution in [-0.4, -0.2) is 415 Å². The van der Waals surface area contributed by atoms with Crippen LogP contribution in [0.15, 0.2) is 0 Å². The first-order chi connectivity index (χ1) is 37.2. The largest absolute Gasteiger partial charge is 0.389 e. The van der Waals surface area contributed by atoms with Crippen molar-refractivity contribution in [3.8, 4) is 0 Å². The van der Waals surface area contributed by atoms with Crippen LogP contribution < -0.4 is 0 Å². The lowest BCUT2D eigenvalue weighted by atomic mass is 9.95. The van der Waals surface area contributed by atoms with Crippen LogP contribution in [0.25, 0.3) is 0 Å². The Hall–Kier alpha value is 1.14. The highest BCUT2D eigenvalue weighted by Gasteiger charge is 2.47. The lowest BCUT2D eigenvalue weighted by Gasteiger charge is -2.45. The van der Waals surface area contributed by atoms with Crippen LogP contribution in [0.3, 0.4) is 0 Å². The Morgan fingerprint density at radius 2 is 0.321 bits per heavy atom. The molecule has 78 heavy (non-hydrogen) atoms. The van der Waals surface area contributed by atoms with E-state index in [4.69, 9.17) is 0 Å². The van der Waals surface area contributed by atoms with Crippen LogP contribution in [0, 0.1) is 0 Å². The minimum absolute atomic E-state index is 0.0251. The van der Waals surface area contributed by atoms with Gasteiger partial charge in [-0.25, -0.2) is 0 Å². The zero-order chi connectivity index (χ0) is 56.5. The first-order valence-corrected chi connectivity index (χ1v) is 34.3. The van der Waals surface area contributed by atoms with Crippen molar-refractivity contribution in [2.24, 2.45) is 0 Å². The molecule has 0 amide bonds. The zero-order valence-corrected chi connectivity index (χ0v) is 48.9. The van der Waals surface area contributed by atoms with E-state index < -0.39 is 110 Å². The molecule has 0 aromatic rings. The maximum Gasteiger partial charge on any atom is 0.109 e. The molecule has 0 spiro atoms. The van der Waals surface area contributed by atoms with Gasteiger partial charge in [0.2, 0.25) is 0 Å². The molecule has 12 fully saturated rings. The molecule has 12 aliphatic rings. The van der Waals surface area contributed by atoms with Crippen LogP contribution in [0.5, 0.6) is 0 Å². The summed E-state index contributed by atoms with van der Waals surface area (Å²) in [6.07, 6.45) is -15.4. The fraction of sp³-hybridized carbons (Fsp3) is 1.00. The van der Waals surface area contributed by atoms with Gasteiger partial charge < -0.3 is 91.9 Å². The van der Waals surface area contributed by atoms with Crippen molar-refractivity contribution in [3.05, 3.63) is 0 Å². The van der Waals surface area contributed by atoms with Crippen molar-refractivity contribution in [3.63, 3.8) is 0 Å².